The van der Waals surface area contributed by atoms with E-state index in [0.717, 1.165) is 6.07 Å². The molecule has 4 N–H and O–H groups in total. The molecule has 0 aliphatic rings. The third-order valence-corrected chi connectivity index (χ3v) is 3.34. The van der Waals surface area contributed by atoms with Crippen LogP contribution in [0.5, 0.6) is 5.75 Å². The molecule has 1 aromatic heterocycles. The fourth-order valence-corrected chi connectivity index (χ4v) is 2.10. The lowest BCUT2D eigenvalue weighted by molar-refractivity contribution is -0.135. The molecule has 0 unspecified atom stereocenters. The highest BCUT2D eigenvalue weighted by molar-refractivity contribution is 6.04. The second-order valence-electron chi connectivity index (χ2n) is 5.25. The second-order valence-corrected chi connectivity index (χ2v) is 5.25. The fraction of sp³-hybridized carbons (Fsp3) is 0.176. The van der Waals surface area contributed by atoms with E-state index < -0.39 is 30.5 Å². The molecule has 142 valence electrons. The van der Waals surface area contributed by atoms with Gasteiger partial charge in [-0.15, -0.1) is 0 Å². The number of benzene rings is 1. The topological polar surface area (TPSA) is 127 Å². The van der Waals surface area contributed by atoms with E-state index in [2.05, 4.69) is 15.3 Å². The molecule has 0 bridgehead atoms. The maximum absolute atomic E-state index is 12.7. The van der Waals surface area contributed by atoms with Crippen molar-refractivity contribution in [3.63, 3.8) is 0 Å². The molecule has 2 aromatic rings. The van der Waals surface area contributed by atoms with Crippen LogP contribution in [0.25, 0.3) is 0 Å². The van der Waals surface area contributed by atoms with Gasteiger partial charge in [0.15, 0.2) is 0 Å². The number of alkyl halides is 2. The number of aliphatic carboxylic acids is 1. The number of methoxy groups -OCH3 is 1. The summed E-state index contributed by atoms with van der Waals surface area (Å²) in [6.45, 7) is -0.447. The van der Waals surface area contributed by atoms with Crippen LogP contribution in [0.3, 0.4) is 0 Å². The zero-order chi connectivity index (χ0) is 20.0. The molecule has 0 saturated carbocycles. The average molecular weight is 378 g/mol. The number of carbonyl (C=O) groups excluding carboxylic acids is 1. The van der Waals surface area contributed by atoms with Crippen molar-refractivity contribution in [2.45, 2.75) is 6.43 Å². The summed E-state index contributed by atoms with van der Waals surface area (Å²) in [6, 6.07) is 6.55. The first kappa shape index (κ1) is 19.8. The quantitative estimate of drug-likeness (QED) is 0.501. The molecule has 0 spiro atoms. The van der Waals surface area contributed by atoms with Crippen LogP contribution < -0.4 is 15.8 Å². The van der Waals surface area contributed by atoms with Gasteiger partial charge in [-0.25, -0.2) is 13.8 Å². The van der Waals surface area contributed by atoms with E-state index in [1.54, 1.807) is 0 Å². The molecule has 1 amide bonds. The molecule has 0 saturated heterocycles. The number of amides is 1. The maximum atomic E-state index is 12.7. The Balaban J connectivity index is 2.31. The van der Waals surface area contributed by atoms with Crippen molar-refractivity contribution >= 4 is 29.5 Å². The van der Waals surface area contributed by atoms with Crippen LogP contribution in [0.4, 0.5) is 20.2 Å². The minimum absolute atomic E-state index is 0.192. The summed E-state index contributed by atoms with van der Waals surface area (Å²) < 4.78 is 30.6. The van der Waals surface area contributed by atoms with Crippen molar-refractivity contribution in [3.8, 4) is 5.75 Å². The Morgan fingerprint density at radius 3 is 2.78 bits per heavy atom. The van der Waals surface area contributed by atoms with Gasteiger partial charge >= 0.3 is 5.97 Å². The number of nitrogens with two attached hydrogens (primary N) is 1. The highest BCUT2D eigenvalue weighted by atomic mass is 19.3. The van der Waals surface area contributed by atoms with Crippen molar-refractivity contribution in [3.05, 3.63) is 47.3 Å². The molecule has 0 aliphatic heterocycles. The van der Waals surface area contributed by atoms with Gasteiger partial charge in [-0.1, -0.05) is 6.07 Å². The van der Waals surface area contributed by atoms with E-state index in [-0.39, 0.29) is 22.8 Å². The summed E-state index contributed by atoms with van der Waals surface area (Å²) >= 11 is 0. The van der Waals surface area contributed by atoms with Gasteiger partial charge in [0.25, 0.3) is 12.3 Å². The van der Waals surface area contributed by atoms with Gasteiger partial charge in [0.2, 0.25) is 0 Å². The lowest BCUT2D eigenvalue weighted by Crippen LogP contribution is -2.15. The Kier molecular flexibility index (Phi) is 6.36. The summed E-state index contributed by atoms with van der Waals surface area (Å²) in [4.78, 5) is 30.2. The predicted molar refractivity (Wildman–Crippen MR) is 94.7 cm³/mol. The van der Waals surface area contributed by atoms with Crippen molar-refractivity contribution < 1.29 is 28.2 Å². The van der Waals surface area contributed by atoms with Crippen LogP contribution in [0.2, 0.25) is 0 Å². The van der Waals surface area contributed by atoms with Gasteiger partial charge < -0.3 is 20.9 Å². The number of ether oxygens (including phenoxy) is 1. The minimum atomic E-state index is -2.80. The van der Waals surface area contributed by atoms with Crippen molar-refractivity contribution in [2.75, 3.05) is 24.7 Å². The lowest BCUT2D eigenvalue weighted by Gasteiger charge is -2.13. The number of aliphatic imine (C=N–C) groups is 1. The predicted octanol–water partition coefficient (Wildman–Crippen LogP) is 2.37. The van der Waals surface area contributed by atoms with Crippen LogP contribution in [-0.4, -0.2) is 41.8 Å². The number of nitrogen functional groups attached to an aromatic ring is 1. The lowest BCUT2D eigenvalue weighted by atomic mass is 10.1. The van der Waals surface area contributed by atoms with E-state index >= 15 is 0 Å². The summed E-state index contributed by atoms with van der Waals surface area (Å²) in [5.74, 6) is -1.62. The molecule has 0 aliphatic carbocycles. The third-order valence-electron chi connectivity index (χ3n) is 3.34. The first-order valence-corrected chi connectivity index (χ1v) is 7.57. The number of nitrogens with one attached hydrogen (secondary N) is 1. The van der Waals surface area contributed by atoms with E-state index in [0.29, 0.717) is 5.56 Å². The molecule has 0 atom stereocenters. The number of nitrogens with zero attached hydrogens (tertiary/aromatic N) is 2. The Labute approximate surface area is 152 Å². The third kappa shape index (κ3) is 5.21. The Morgan fingerprint density at radius 2 is 2.15 bits per heavy atom. The standard InChI is InChI=1S/C17H16F2N4O4/c1-27-14-6-10(20)9(7-21-8-15(24)25)5-13(14)23-17(26)12-4-2-3-11(22-12)16(18)19/h2-7,16H,8,20H2,1H3,(H,23,26)(H,24,25). The molecule has 10 heteroatoms. The van der Waals surface area contributed by atoms with E-state index in [1.807, 2.05) is 0 Å². The molecule has 2 rings (SSSR count). The van der Waals surface area contributed by atoms with Crippen molar-refractivity contribution in [1.82, 2.24) is 4.98 Å². The number of carboxylic acids is 1. The number of carboxylic acid groups (broad SMARTS) is 1. The number of rotatable bonds is 7. The molecule has 1 heterocycles. The van der Waals surface area contributed by atoms with Crippen molar-refractivity contribution in [1.29, 1.82) is 0 Å². The van der Waals surface area contributed by atoms with Crippen molar-refractivity contribution in [2.24, 2.45) is 4.99 Å². The van der Waals surface area contributed by atoms with Gasteiger partial charge in [0, 0.05) is 23.5 Å². The number of halogens is 2. The van der Waals surface area contributed by atoms with Gasteiger partial charge in [-0.2, -0.15) is 0 Å². The number of hydrogen-bond acceptors (Lipinski definition) is 6. The van der Waals surface area contributed by atoms with Crippen LogP contribution >= 0.6 is 0 Å². The highest BCUT2D eigenvalue weighted by Crippen LogP contribution is 2.30. The number of pyridine rings is 1. The largest absolute Gasteiger partial charge is 0.494 e. The van der Waals surface area contributed by atoms with Gasteiger partial charge in [0.1, 0.15) is 23.7 Å². The molecule has 8 nitrogen and oxygen atoms in total. The average Bonchev–Trinajstić information content (AvgIpc) is 2.63. The zero-order valence-corrected chi connectivity index (χ0v) is 14.1. The molecular weight excluding hydrogens is 362 g/mol. The van der Waals surface area contributed by atoms with Gasteiger partial charge in [0.05, 0.1) is 12.8 Å². The Bertz CT molecular complexity index is 887. The zero-order valence-electron chi connectivity index (χ0n) is 14.1. The second kappa shape index (κ2) is 8.70. The molecule has 1 aromatic carbocycles. The molecular formula is C17H16F2N4O4. The number of anilines is 2. The van der Waals surface area contributed by atoms with Crippen LogP contribution in [0.1, 0.15) is 28.2 Å². The summed E-state index contributed by atoms with van der Waals surface area (Å²) in [5.41, 5.74) is 5.92. The van der Waals surface area contributed by atoms with E-state index in [4.69, 9.17) is 15.6 Å². The highest BCUT2D eigenvalue weighted by Gasteiger charge is 2.16. The van der Waals surface area contributed by atoms with E-state index in [1.165, 1.54) is 37.6 Å². The smallest absolute Gasteiger partial charge is 0.325 e. The van der Waals surface area contributed by atoms with Crippen LogP contribution in [0.15, 0.2) is 35.3 Å². The maximum Gasteiger partial charge on any atom is 0.325 e. The van der Waals surface area contributed by atoms with Crippen LogP contribution in [0, 0.1) is 0 Å². The monoisotopic (exact) mass is 378 g/mol. The normalized spacial score (nSPS) is 11.0. The van der Waals surface area contributed by atoms with Gasteiger partial charge in [-0.3, -0.25) is 14.6 Å². The Hall–Kier alpha value is -3.56. The summed E-state index contributed by atoms with van der Waals surface area (Å²) in [5, 5.41) is 11.1. The number of carbonyl (C=O) groups is 2. The molecule has 0 fully saturated rings. The first-order chi connectivity index (χ1) is 12.8. The molecule has 0 radical (unpaired) electrons. The summed E-state index contributed by atoms with van der Waals surface area (Å²) in [7, 11) is 1.36. The fourth-order valence-electron chi connectivity index (χ4n) is 2.10. The minimum Gasteiger partial charge on any atom is -0.494 e. The van der Waals surface area contributed by atoms with Gasteiger partial charge in [-0.05, 0) is 18.2 Å². The molecule has 27 heavy (non-hydrogen) atoms. The summed E-state index contributed by atoms with van der Waals surface area (Å²) in [6.07, 6.45) is -1.56. The van der Waals surface area contributed by atoms with Crippen LogP contribution in [-0.2, 0) is 4.79 Å². The number of hydrogen-bond donors (Lipinski definition) is 3. The number of aromatic nitrogens is 1. The van der Waals surface area contributed by atoms with E-state index in [9.17, 15) is 18.4 Å². The Morgan fingerprint density at radius 1 is 1.41 bits per heavy atom. The first-order valence-electron chi connectivity index (χ1n) is 7.57. The SMILES string of the molecule is COc1cc(N)c(C=NCC(=O)O)cc1NC(=O)c1cccc(C(F)F)n1.